The average molecular weight is 125 g/mol. The van der Waals surface area contributed by atoms with Gasteiger partial charge in [-0.1, -0.05) is 13.3 Å². The minimum absolute atomic E-state index is 1.07. The molecule has 1 heterocycles. The van der Waals surface area contributed by atoms with E-state index >= 15 is 0 Å². The lowest BCUT2D eigenvalue weighted by Gasteiger charge is -2.16. The number of likely N-dealkylation sites (tertiary alicyclic amines) is 1. The van der Waals surface area contributed by atoms with Crippen LogP contribution in [0.2, 0.25) is 0 Å². The van der Waals surface area contributed by atoms with Gasteiger partial charge in [0.25, 0.3) is 0 Å². The van der Waals surface area contributed by atoms with Crippen LogP contribution in [0.1, 0.15) is 13.3 Å². The summed E-state index contributed by atoms with van der Waals surface area (Å²) in [5.74, 6) is 3.24. The topological polar surface area (TPSA) is 4.44 Å². The Bertz CT molecular complexity index is 110. The predicted octanol–water partition coefficient (Wildman–Crippen LogP) is -0.0513. The minimum atomic E-state index is 1.07. The lowest BCUT2D eigenvalue weighted by Crippen LogP contribution is -3.05. The summed E-state index contributed by atoms with van der Waals surface area (Å²) in [4.78, 5) is 1.51. The third-order valence-corrected chi connectivity index (χ3v) is 3.03. The molecule has 1 saturated heterocycles. The van der Waals surface area contributed by atoms with Gasteiger partial charge in [-0.3, -0.25) is 0 Å². The van der Waals surface area contributed by atoms with E-state index in [-0.39, 0.29) is 0 Å². The zero-order valence-electron chi connectivity index (χ0n) is 6.06. The molecule has 0 aromatic carbocycles. The number of hydrogen-bond donors (Lipinski definition) is 1. The van der Waals surface area contributed by atoms with Gasteiger partial charge in [0.05, 0.1) is 13.1 Å². The molecular weight excluding hydrogens is 110 g/mol. The third-order valence-electron chi connectivity index (χ3n) is 3.03. The van der Waals surface area contributed by atoms with Crippen molar-refractivity contribution in [3.8, 4) is 0 Å². The molecule has 1 heteroatoms. The molecular formula is C8H15N. The number of quaternary nitrogens is 1. The molecule has 9 heavy (non-hydrogen) atoms. The Morgan fingerprint density at radius 3 is 2.44 bits per heavy atom. The third kappa shape index (κ3) is 0.710. The van der Waals surface area contributed by atoms with Gasteiger partial charge in [-0.15, -0.1) is 0 Å². The first kappa shape index (κ1) is 5.72. The van der Waals surface area contributed by atoms with Gasteiger partial charge in [0, 0.05) is 11.8 Å². The molecule has 1 saturated carbocycles. The van der Waals surface area contributed by atoms with Crippen molar-refractivity contribution in [2.75, 3.05) is 13.1 Å². The molecule has 0 radical (unpaired) electrons. The second-order valence-electron chi connectivity index (χ2n) is 3.56. The molecule has 0 aromatic rings. The summed E-state index contributed by atoms with van der Waals surface area (Å²) in [5, 5.41) is 0. The number of nitrogens with one attached hydrogen (secondary N) is 1. The van der Waals surface area contributed by atoms with Crippen molar-refractivity contribution in [3.05, 3.63) is 7.05 Å². The van der Waals surface area contributed by atoms with Crippen LogP contribution in [0.15, 0.2) is 0 Å². The Labute approximate surface area is 57.0 Å². The van der Waals surface area contributed by atoms with Crippen molar-refractivity contribution in [1.29, 1.82) is 0 Å². The molecule has 1 aliphatic heterocycles. The molecule has 0 aromatic heterocycles. The summed E-state index contributed by atoms with van der Waals surface area (Å²) in [6.45, 7) is 5.01. The molecule has 0 spiro atoms. The Balaban J connectivity index is 1.91. The summed E-state index contributed by atoms with van der Waals surface area (Å²) in [6, 6.07) is 0. The van der Waals surface area contributed by atoms with Gasteiger partial charge in [-0.25, -0.2) is 0 Å². The molecule has 1 N–H and O–H groups in total. The van der Waals surface area contributed by atoms with Crippen LogP contribution in [0.5, 0.6) is 0 Å². The number of fused-ring (bicyclic) bond motifs is 1. The smallest absolute Gasteiger partial charge is 0.0566 e. The fraction of sp³-hybridized carbons (Fsp3) is 0.875. The van der Waals surface area contributed by atoms with Crippen LogP contribution >= 0.6 is 0 Å². The Kier molecular flexibility index (Phi) is 1.10. The molecule has 1 aliphatic carbocycles. The molecule has 0 amide bonds. The van der Waals surface area contributed by atoms with Gasteiger partial charge in [0.2, 0.25) is 0 Å². The van der Waals surface area contributed by atoms with Gasteiger partial charge in [-0.05, 0) is 5.92 Å². The Morgan fingerprint density at radius 1 is 1.44 bits per heavy atom. The van der Waals surface area contributed by atoms with E-state index in [1.165, 1.54) is 24.4 Å². The first-order valence-electron chi connectivity index (χ1n) is 3.99. The number of rotatable bonds is 1. The van der Waals surface area contributed by atoms with Gasteiger partial charge in [-0.2, -0.15) is 7.05 Å². The van der Waals surface area contributed by atoms with Crippen LogP contribution in [0.3, 0.4) is 0 Å². The predicted molar refractivity (Wildman–Crippen MR) is 36.8 cm³/mol. The largest absolute Gasteiger partial charge is 0.467 e. The number of hydrogen-bond acceptors (Lipinski definition) is 0. The normalized spacial score (nSPS) is 55.3. The highest BCUT2D eigenvalue weighted by Crippen LogP contribution is 2.48. The molecule has 2 unspecified atom stereocenters. The highest BCUT2D eigenvalue weighted by atomic mass is 15.2. The minimum Gasteiger partial charge on any atom is -0.467 e. The van der Waals surface area contributed by atoms with Gasteiger partial charge in [0.1, 0.15) is 0 Å². The first-order chi connectivity index (χ1) is 4.33. The van der Waals surface area contributed by atoms with E-state index < -0.39 is 0 Å². The van der Waals surface area contributed by atoms with E-state index in [9.17, 15) is 0 Å². The molecule has 2 atom stereocenters. The van der Waals surface area contributed by atoms with Crippen molar-refractivity contribution in [2.24, 2.45) is 17.8 Å². The standard InChI is InChI=1S/C8H15N/c1-3-6-7-4-9(2)5-8(6)7/h6-9H,2-5H2,1H3. The van der Waals surface area contributed by atoms with Crippen molar-refractivity contribution < 1.29 is 4.90 Å². The molecule has 2 rings (SSSR count). The molecule has 2 fully saturated rings. The SMILES string of the molecule is [CH2-][NH+]1CC2C(CC)C2C1. The van der Waals surface area contributed by atoms with E-state index in [1.54, 1.807) is 0 Å². The van der Waals surface area contributed by atoms with Crippen molar-refractivity contribution in [2.45, 2.75) is 13.3 Å². The van der Waals surface area contributed by atoms with E-state index in [2.05, 4.69) is 14.0 Å². The summed E-state index contributed by atoms with van der Waals surface area (Å²) in [6.07, 6.45) is 1.41. The second kappa shape index (κ2) is 1.72. The van der Waals surface area contributed by atoms with E-state index in [1.807, 2.05) is 0 Å². The molecule has 2 aliphatic rings. The molecule has 52 valence electrons. The fourth-order valence-corrected chi connectivity index (χ4v) is 2.49. The van der Waals surface area contributed by atoms with Gasteiger partial charge in [0.15, 0.2) is 0 Å². The second-order valence-corrected chi connectivity index (χ2v) is 3.56. The fourth-order valence-electron chi connectivity index (χ4n) is 2.49. The van der Waals surface area contributed by atoms with Crippen LogP contribution in [0.25, 0.3) is 0 Å². The van der Waals surface area contributed by atoms with Crippen molar-refractivity contribution in [3.63, 3.8) is 0 Å². The van der Waals surface area contributed by atoms with E-state index in [0.29, 0.717) is 0 Å². The maximum Gasteiger partial charge on any atom is 0.0566 e. The quantitative estimate of drug-likeness (QED) is 0.469. The first-order valence-corrected chi connectivity index (χ1v) is 3.99. The summed E-state index contributed by atoms with van der Waals surface area (Å²) >= 11 is 0. The zero-order valence-corrected chi connectivity index (χ0v) is 6.06. The highest BCUT2D eigenvalue weighted by molar-refractivity contribution is 4.98. The van der Waals surface area contributed by atoms with Crippen LogP contribution in [0.4, 0.5) is 0 Å². The Morgan fingerprint density at radius 2 is 2.00 bits per heavy atom. The van der Waals surface area contributed by atoms with E-state index in [4.69, 9.17) is 0 Å². The maximum absolute atomic E-state index is 4.00. The number of piperidine rings is 1. The summed E-state index contributed by atoms with van der Waals surface area (Å²) in [5.41, 5.74) is 0. The molecule has 1 nitrogen and oxygen atoms in total. The van der Waals surface area contributed by atoms with Crippen LogP contribution < -0.4 is 4.90 Å². The summed E-state index contributed by atoms with van der Waals surface area (Å²) in [7, 11) is 4.00. The van der Waals surface area contributed by atoms with E-state index in [0.717, 1.165) is 17.8 Å². The monoisotopic (exact) mass is 125 g/mol. The lowest BCUT2D eigenvalue weighted by atomic mass is 10.2. The lowest BCUT2D eigenvalue weighted by molar-refractivity contribution is -0.846. The van der Waals surface area contributed by atoms with Crippen molar-refractivity contribution in [1.82, 2.24) is 0 Å². The maximum atomic E-state index is 4.00. The molecule has 0 bridgehead atoms. The zero-order chi connectivity index (χ0) is 6.43. The Hall–Kier alpha value is -0.0400. The van der Waals surface area contributed by atoms with Crippen molar-refractivity contribution >= 4 is 0 Å². The average Bonchev–Trinajstić information content (AvgIpc) is 2.30. The van der Waals surface area contributed by atoms with Gasteiger partial charge < -0.3 is 4.90 Å². The van der Waals surface area contributed by atoms with Gasteiger partial charge >= 0.3 is 0 Å². The summed E-state index contributed by atoms with van der Waals surface area (Å²) < 4.78 is 0. The van der Waals surface area contributed by atoms with Crippen LogP contribution in [-0.4, -0.2) is 13.1 Å². The highest BCUT2D eigenvalue weighted by Gasteiger charge is 2.55. The van der Waals surface area contributed by atoms with Crippen LogP contribution in [0, 0.1) is 24.8 Å². The van der Waals surface area contributed by atoms with Crippen LogP contribution in [-0.2, 0) is 0 Å².